The number of pyridine rings is 1. The van der Waals surface area contributed by atoms with Crippen molar-refractivity contribution >= 4 is 23.6 Å². The second-order valence-electron chi connectivity index (χ2n) is 5.37. The molecule has 2 rings (SSSR count). The molecule has 0 aliphatic heterocycles. The van der Waals surface area contributed by atoms with Crippen LogP contribution in [0.4, 0.5) is 5.69 Å². The Morgan fingerprint density at radius 2 is 2.00 bits per heavy atom. The summed E-state index contributed by atoms with van der Waals surface area (Å²) in [6.45, 7) is 2.03. The first kappa shape index (κ1) is 17.4. The number of carbonyl (C=O) groups excluding carboxylic acids is 2. The molecule has 0 aliphatic rings. The lowest BCUT2D eigenvalue weighted by Crippen LogP contribution is -2.34. The number of anilines is 1. The van der Waals surface area contributed by atoms with E-state index in [2.05, 4.69) is 10.3 Å². The standard InChI is InChI=1S/C19H21N3O2/c1-3-16-8-4-5-9-17(16)21-18(23)14-22(2)19(24)11-10-15-7-6-12-20-13-15/h4-13H,3,14H2,1-2H3,(H,21,23)/b11-10+. The Morgan fingerprint density at radius 3 is 2.71 bits per heavy atom. The van der Waals surface area contributed by atoms with E-state index in [0.29, 0.717) is 0 Å². The van der Waals surface area contributed by atoms with E-state index in [-0.39, 0.29) is 18.4 Å². The first-order chi connectivity index (χ1) is 11.6. The smallest absolute Gasteiger partial charge is 0.246 e. The highest BCUT2D eigenvalue weighted by Crippen LogP contribution is 2.15. The summed E-state index contributed by atoms with van der Waals surface area (Å²) in [5, 5.41) is 2.85. The molecule has 5 nitrogen and oxygen atoms in total. The monoisotopic (exact) mass is 323 g/mol. The van der Waals surface area contributed by atoms with Crippen LogP contribution in [0.1, 0.15) is 18.1 Å². The van der Waals surface area contributed by atoms with Gasteiger partial charge in [0.25, 0.3) is 0 Å². The highest BCUT2D eigenvalue weighted by molar-refractivity contribution is 5.98. The van der Waals surface area contributed by atoms with Crippen molar-refractivity contribution in [1.29, 1.82) is 0 Å². The van der Waals surface area contributed by atoms with Crippen molar-refractivity contribution in [2.45, 2.75) is 13.3 Å². The van der Waals surface area contributed by atoms with Gasteiger partial charge in [-0.1, -0.05) is 31.2 Å². The molecular weight excluding hydrogens is 302 g/mol. The molecule has 0 atom stereocenters. The Bertz CT molecular complexity index is 726. The number of nitrogens with one attached hydrogen (secondary N) is 1. The third-order valence-corrected chi connectivity index (χ3v) is 3.53. The maximum absolute atomic E-state index is 12.1. The van der Waals surface area contributed by atoms with Gasteiger partial charge in [-0.2, -0.15) is 0 Å². The fourth-order valence-corrected chi connectivity index (χ4v) is 2.20. The molecule has 1 heterocycles. The molecule has 1 aromatic carbocycles. The quantitative estimate of drug-likeness (QED) is 0.832. The van der Waals surface area contributed by atoms with Gasteiger partial charge < -0.3 is 10.2 Å². The van der Waals surface area contributed by atoms with Crippen molar-refractivity contribution in [1.82, 2.24) is 9.88 Å². The lowest BCUT2D eigenvalue weighted by molar-refractivity contribution is -0.129. The van der Waals surface area contributed by atoms with Gasteiger partial charge in [-0.3, -0.25) is 14.6 Å². The van der Waals surface area contributed by atoms with E-state index in [9.17, 15) is 9.59 Å². The normalized spacial score (nSPS) is 10.6. The summed E-state index contributed by atoms with van der Waals surface area (Å²) in [6.07, 6.45) is 7.28. The van der Waals surface area contributed by atoms with Crippen molar-refractivity contribution in [2.24, 2.45) is 0 Å². The molecule has 0 fully saturated rings. The number of carbonyl (C=O) groups is 2. The third-order valence-electron chi connectivity index (χ3n) is 3.53. The van der Waals surface area contributed by atoms with E-state index in [0.717, 1.165) is 23.2 Å². The molecule has 0 radical (unpaired) electrons. The van der Waals surface area contributed by atoms with Gasteiger partial charge in [0.1, 0.15) is 0 Å². The van der Waals surface area contributed by atoms with Crippen LogP contribution >= 0.6 is 0 Å². The summed E-state index contributed by atoms with van der Waals surface area (Å²) < 4.78 is 0. The average molecular weight is 323 g/mol. The molecule has 0 unspecified atom stereocenters. The largest absolute Gasteiger partial charge is 0.333 e. The highest BCUT2D eigenvalue weighted by Gasteiger charge is 2.11. The summed E-state index contributed by atoms with van der Waals surface area (Å²) >= 11 is 0. The van der Waals surface area contributed by atoms with E-state index >= 15 is 0 Å². The second-order valence-corrected chi connectivity index (χ2v) is 5.37. The van der Waals surface area contributed by atoms with Crippen molar-refractivity contribution in [2.75, 3.05) is 18.9 Å². The first-order valence-corrected chi connectivity index (χ1v) is 7.81. The Kier molecular flexibility index (Phi) is 6.25. The molecule has 124 valence electrons. The number of benzene rings is 1. The Balaban J connectivity index is 1.91. The molecule has 5 heteroatoms. The molecule has 0 bridgehead atoms. The first-order valence-electron chi connectivity index (χ1n) is 7.81. The van der Waals surface area contributed by atoms with E-state index in [1.54, 1.807) is 31.6 Å². The molecule has 0 saturated carbocycles. The Hall–Kier alpha value is -2.95. The van der Waals surface area contributed by atoms with Gasteiger partial charge in [-0.25, -0.2) is 0 Å². The average Bonchev–Trinajstić information content (AvgIpc) is 2.60. The summed E-state index contributed by atoms with van der Waals surface area (Å²) in [5.74, 6) is -0.459. The SMILES string of the molecule is CCc1ccccc1NC(=O)CN(C)C(=O)/C=C/c1cccnc1. The number of nitrogens with zero attached hydrogens (tertiary/aromatic N) is 2. The predicted molar refractivity (Wildman–Crippen MR) is 95.4 cm³/mol. The van der Waals surface area contributed by atoms with Gasteiger partial charge in [0.05, 0.1) is 6.54 Å². The number of hydrogen-bond acceptors (Lipinski definition) is 3. The molecular formula is C19H21N3O2. The van der Waals surface area contributed by atoms with Crippen LogP contribution in [-0.4, -0.2) is 35.3 Å². The molecule has 0 saturated heterocycles. The van der Waals surface area contributed by atoms with E-state index in [4.69, 9.17) is 0 Å². The third kappa shape index (κ3) is 5.05. The lowest BCUT2D eigenvalue weighted by Gasteiger charge is -2.16. The molecule has 1 N–H and O–H groups in total. The minimum absolute atomic E-state index is 0.00569. The van der Waals surface area contributed by atoms with Gasteiger partial charge in [0.15, 0.2) is 0 Å². The molecule has 2 aromatic rings. The number of likely N-dealkylation sites (N-methyl/N-ethyl adjacent to an activating group) is 1. The van der Waals surface area contributed by atoms with Gasteiger partial charge in [0, 0.05) is 31.2 Å². The van der Waals surface area contributed by atoms with Crippen molar-refractivity contribution in [3.05, 3.63) is 66.0 Å². The highest BCUT2D eigenvalue weighted by atomic mass is 16.2. The van der Waals surface area contributed by atoms with Gasteiger partial charge in [0.2, 0.25) is 11.8 Å². The van der Waals surface area contributed by atoms with Crippen LogP contribution in [0, 0.1) is 0 Å². The van der Waals surface area contributed by atoms with Crippen LogP contribution in [0.3, 0.4) is 0 Å². The topological polar surface area (TPSA) is 62.3 Å². The number of aryl methyl sites for hydroxylation is 1. The Morgan fingerprint density at radius 1 is 1.21 bits per heavy atom. The maximum atomic E-state index is 12.1. The van der Waals surface area contributed by atoms with Crippen LogP contribution < -0.4 is 5.32 Å². The summed E-state index contributed by atoms with van der Waals surface area (Å²) in [5.41, 5.74) is 2.69. The molecule has 1 aromatic heterocycles. The summed E-state index contributed by atoms with van der Waals surface area (Å²) in [4.78, 5) is 29.5. The minimum Gasteiger partial charge on any atom is -0.333 e. The van der Waals surface area contributed by atoms with Crippen molar-refractivity contribution in [3.8, 4) is 0 Å². The number of hydrogen-bond donors (Lipinski definition) is 1. The number of aromatic nitrogens is 1. The fourth-order valence-electron chi connectivity index (χ4n) is 2.20. The zero-order chi connectivity index (χ0) is 17.4. The zero-order valence-electron chi connectivity index (χ0n) is 13.9. The van der Waals surface area contributed by atoms with Gasteiger partial charge in [-0.05, 0) is 35.8 Å². The number of para-hydroxylation sites is 1. The van der Waals surface area contributed by atoms with E-state index < -0.39 is 0 Å². The lowest BCUT2D eigenvalue weighted by atomic mass is 10.1. The Labute approximate surface area is 142 Å². The molecule has 2 amide bonds. The van der Waals surface area contributed by atoms with Crippen LogP contribution in [0.2, 0.25) is 0 Å². The second kappa shape index (κ2) is 8.62. The summed E-state index contributed by atoms with van der Waals surface area (Å²) in [7, 11) is 1.60. The number of rotatable bonds is 6. The predicted octanol–water partition coefficient (Wildman–Crippen LogP) is 2.75. The number of amides is 2. The van der Waals surface area contributed by atoms with E-state index in [1.807, 2.05) is 37.3 Å². The van der Waals surface area contributed by atoms with Crippen LogP contribution in [0.15, 0.2) is 54.9 Å². The van der Waals surface area contributed by atoms with Crippen LogP contribution in [0.5, 0.6) is 0 Å². The van der Waals surface area contributed by atoms with E-state index in [1.165, 1.54) is 11.0 Å². The van der Waals surface area contributed by atoms with Gasteiger partial charge in [-0.15, -0.1) is 0 Å². The maximum Gasteiger partial charge on any atom is 0.246 e. The van der Waals surface area contributed by atoms with Gasteiger partial charge >= 0.3 is 0 Å². The van der Waals surface area contributed by atoms with Crippen LogP contribution in [-0.2, 0) is 16.0 Å². The minimum atomic E-state index is -0.238. The van der Waals surface area contributed by atoms with Crippen LogP contribution in [0.25, 0.3) is 6.08 Å². The summed E-state index contributed by atoms with van der Waals surface area (Å²) in [6, 6.07) is 11.3. The molecule has 0 aliphatic carbocycles. The van der Waals surface area contributed by atoms with Crippen molar-refractivity contribution in [3.63, 3.8) is 0 Å². The molecule has 0 spiro atoms. The van der Waals surface area contributed by atoms with Crippen molar-refractivity contribution < 1.29 is 9.59 Å². The zero-order valence-corrected chi connectivity index (χ0v) is 13.9. The molecule has 24 heavy (non-hydrogen) atoms. The fraction of sp³-hybridized carbons (Fsp3) is 0.211.